The first-order valence-electron chi connectivity index (χ1n) is 37.0. The van der Waals surface area contributed by atoms with Gasteiger partial charge in [0.1, 0.15) is 0 Å². The SMILES string of the molecule is Fc1c(F)c(F)c(-c2c(F)c(F)c(F)c(F)c2B(c2c(F)c(F)c(F)c(F)c2-c2c(F)c(F)c(F)c(F)c2F)c2c(F)c(F)c(F)c(F)c2-c2c(F)c(F)c(F)c(F)c2F)c(F)c1F.Fc1c(F)c(F)c(B(c2c(F)c(F)c(F)c(F)c2F)c2c(F)c(F)c(F)c(F)c2F)c(F)c1F.Fc1c(F)c(F)c2c(B(c3c(F)c(F)c(F)c4c(F)c(F)c(F)c(F)c34)c3c(F)c(F)c(F)c4c(F)c(F)c(F)c(F)c34)c(F)c(F)c(F)c2c1F. The summed E-state index contributed by atoms with van der Waals surface area (Å²) in [5.74, 6) is -209. The summed E-state index contributed by atoms with van der Waals surface area (Å²) in [5.41, 5.74) is -47.4. The van der Waals surface area contributed by atoms with Crippen LogP contribution in [0.25, 0.3) is 65.7 Å². The molecule has 0 aromatic heterocycles. The number of fused-ring (bicyclic) bond motifs is 3. The lowest BCUT2D eigenvalue weighted by Gasteiger charge is -2.27. The van der Waals surface area contributed by atoms with Crippen molar-refractivity contribution >= 4 is 102 Å². The van der Waals surface area contributed by atoms with E-state index in [1.165, 1.54) is 0 Å². The summed E-state index contributed by atoms with van der Waals surface area (Å²) >= 11 is 0. The standard InChI is InChI=1S/C36BF27.C30BF21.C18BF15/c38-10-1(4-13(41)25(53)34(62)26(54)14(4)42)7(19(47)31(59)22(10)50)37(8-2(11(39)23(51)32(60)20(8)48)5-15(43)27(55)35(63)28(56)16(5)44)9-3(12(40)24(52)33(61)21(9)49)6-17(45)29(57)36(64)30(58)18(6)46;32-10-1-4(16(38)28(50)25(10)47)13(35)22(44)19(41)7(1)31(8-2-5(14(36)23(45)20(8)42)17(39)29(51)26(48)11(2)33)9-3-6(15(37)24(46)21(9)43)18(40)30(52)27(49)12(3)34;20-4-1(5(21)11(27)16(32)10(4)26)19(2-6(22)12(28)17(33)13(29)7(2)23)3-8(24)14(30)18(34)15(31)9(3)25. The molecule has 15 aromatic rings. The fraction of sp³-hybridized carbons (Fsp3) is 0. The van der Waals surface area contributed by atoms with Crippen molar-refractivity contribution in [2.75, 3.05) is 0 Å². The smallest absolute Gasteiger partial charge is 0.204 e. The van der Waals surface area contributed by atoms with Crippen molar-refractivity contribution < 1.29 is 277 Å². The second-order valence-electron chi connectivity index (χ2n) is 29.3. The van der Waals surface area contributed by atoms with Gasteiger partial charge < -0.3 is 0 Å². The third-order valence-electron chi connectivity index (χ3n) is 21.8. The van der Waals surface area contributed by atoms with E-state index >= 15 is 105 Å². The van der Waals surface area contributed by atoms with Crippen LogP contribution in [0.4, 0.5) is 277 Å². The minimum absolute atomic E-state index is 2.66. The highest BCUT2D eigenvalue weighted by atomic mass is 19.3. The molecule has 0 fully saturated rings. The third kappa shape index (κ3) is 15.9. The highest BCUT2D eigenvalue weighted by Crippen LogP contribution is 2.45. The normalized spacial score (nSPS) is 11.7. The van der Waals surface area contributed by atoms with Crippen LogP contribution in [0.1, 0.15) is 0 Å². The molecular weight excluding hydrogens is 2240 g/mol. The topological polar surface area (TPSA) is 0 Å². The van der Waals surface area contributed by atoms with Crippen molar-refractivity contribution in [2.24, 2.45) is 0 Å². The summed E-state index contributed by atoms with van der Waals surface area (Å²) in [6, 6.07) is 0. The second kappa shape index (κ2) is 39.1. The highest BCUT2D eigenvalue weighted by molar-refractivity contribution is 7.00. The lowest BCUT2D eigenvalue weighted by Crippen LogP contribution is -2.60. The molecule has 15 aromatic carbocycles. The number of rotatable bonds is 12. The maximum atomic E-state index is 16.4. The Balaban J connectivity index is 0.000000196. The van der Waals surface area contributed by atoms with Crippen LogP contribution in [-0.2, 0) is 0 Å². The van der Waals surface area contributed by atoms with E-state index in [9.17, 15) is 171 Å². The minimum Gasteiger partial charge on any atom is -0.204 e. The first-order valence-corrected chi connectivity index (χ1v) is 37.0. The summed E-state index contributed by atoms with van der Waals surface area (Å²) in [5, 5.41) is -16.1. The molecule has 0 heterocycles. The van der Waals surface area contributed by atoms with E-state index < -0.39 is 501 Å². The van der Waals surface area contributed by atoms with Gasteiger partial charge in [-0.25, -0.2) is 277 Å². The molecule has 0 saturated carbocycles. The number of hydrogen-bond acceptors (Lipinski definition) is 0. The van der Waals surface area contributed by atoms with Crippen molar-refractivity contribution in [3.8, 4) is 33.4 Å². The maximum absolute atomic E-state index is 16.4. The molecule has 0 aliphatic rings. The van der Waals surface area contributed by atoms with E-state index in [1.807, 2.05) is 0 Å². The van der Waals surface area contributed by atoms with Gasteiger partial charge >= 0.3 is 0 Å². The van der Waals surface area contributed by atoms with Gasteiger partial charge in [0.2, 0.25) is 17.5 Å². The molecular formula is C84B3F63. The highest BCUT2D eigenvalue weighted by Gasteiger charge is 2.53. The van der Waals surface area contributed by atoms with Crippen LogP contribution in [-0.4, -0.2) is 20.1 Å². The zero-order valence-corrected chi connectivity index (χ0v) is 67.5. The van der Waals surface area contributed by atoms with Crippen molar-refractivity contribution in [1.29, 1.82) is 0 Å². The van der Waals surface area contributed by atoms with Gasteiger partial charge in [-0.05, 0) is 32.8 Å². The summed E-state index contributed by atoms with van der Waals surface area (Å²) in [6.07, 6.45) is 0. The molecule has 0 amide bonds. The van der Waals surface area contributed by atoms with E-state index in [1.54, 1.807) is 0 Å². The molecule has 786 valence electrons. The van der Waals surface area contributed by atoms with Gasteiger partial charge in [0.05, 0.1) is 32.8 Å². The molecule has 0 unspecified atom stereocenters. The van der Waals surface area contributed by atoms with Gasteiger partial charge in [-0.15, -0.1) is 0 Å². The molecule has 0 N–H and O–H groups in total. The summed E-state index contributed by atoms with van der Waals surface area (Å²) in [6.45, 7) is -13.5. The van der Waals surface area contributed by atoms with E-state index in [2.05, 4.69) is 0 Å². The fourth-order valence-corrected chi connectivity index (χ4v) is 15.3. The number of halogens is 63. The van der Waals surface area contributed by atoms with Crippen LogP contribution in [0, 0.1) is 366 Å². The molecule has 0 spiro atoms. The molecule has 0 aliphatic heterocycles. The Morgan fingerprint density at radius 3 is 0.287 bits per heavy atom. The van der Waals surface area contributed by atoms with Gasteiger partial charge in [0.15, 0.2) is 349 Å². The van der Waals surface area contributed by atoms with Gasteiger partial charge in [-0.1, -0.05) is 0 Å². The molecule has 66 heteroatoms. The van der Waals surface area contributed by atoms with Crippen LogP contribution in [0.3, 0.4) is 0 Å². The summed E-state index contributed by atoms with van der Waals surface area (Å²) in [4.78, 5) is 0. The van der Waals surface area contributed by atoms with Crippen LogP contribution in [0.5, 0.6) is 0 Å². The van der Waals surface area contributed by atoms with Crippen LogP contribution < -0.4 is 49.2 Å². The Kier molecular flexibility index (Phi) is 29.2. The molecule has 0 saturated heterocycles. The van der Waals surface area contributed by atoms with E-state index in [4.69, 9.17) is 0 Å². The predicted molar refractivity (Wildman–Crippen MR) is 378 cm³/mol. The molecule has 0 aliphatic carbocycles. The maximum Gasteiger partial charge on any atom is 0.265 e. The van der Waals surface area contributed by atoms with Gasteiger partial charge in [-0.2, -0.15) is 0 Å². The lowest BCUT2D eigenvalue weighted by atomic mass is 9.33. The monoisotopic (exact) mass is 2240 g/mol. The molecule has 0 radical (unpaired) electrons. The van der Waals surface area contributed by atoms with Gasteiger partial charge in [-0.3, -0.25) is 0 Å². The molecule has 150 heavy (non-hydrogen) atoms. The molecule has 0 atom stereocenters. The van der Waals surface area contributed by atoms with E-state index in [0.29, 0.717) is 0 Å². The quantitative estimate of drug-likeness (QED) is 0.0495. The van der Waals surface area contributed by atoms with Crippen LogP contribution >= 0.6 is 0 Å². The largest absolute Gasteiger partial charge is 0.265 e. The van der Waals surface area contributed by atoms with Gasteiger partial charge in [0, 0.05) is 49.2 Å². The minimum atomic E-state index is -5.17. The average molecular weight is 2240 g/mol. The first-order chi connectivity index (χ1) is 69.4. The van der Waals surface area contributed by atoms with E-state index in [0.717, 1.165) is 0 Å². The Morgan fingerprint density at radius 2 is 0.140 bits per heavy atom. The Morgan fingerprint density at radius 1 is 0.0600 bits per heavy atom. The third-order valence-corrected chi connectivity index (χ3v) is 21.8. The van der Waals surface area contributed by atoms with Crippen molar-refractivity contribution in [2.45, 2.75) is 0 Å². The van der Waals surface area contributed by atoms with E-state index in [-0.39, 0.29) is 0 Å². The van der Waals surface area contributed by atoms with Crippen LogP contribution in [0.2, 0.25) is 0 Å². The number of hydrogen-bond donors (Lipinski definition) is 0. The fourth-order valence-electron chi connectivity index (χ4n) is 15.3. The summed E-state index contributed by atoms with van der Waals surface area (Å²) < 4.78 is 934. The molecule has 15 rings (SSSR count). The number of benzene rings is 15. The molecule has 0 nitrogen and oxygen atoms in total. The van der Waals surface area contributed by atoms with Crippen molar-refractivity contribution in [1.82, 2.24) is 0 Å². The average Bonchev–Trinajstić information content (AvgIpc) is 0.683. The summed E-state index contributed by atoms with van der Waals surface area (Å²) in [7, 11) is 0. The van der Waals surface area contributed by atoms with Crippen LogP contribution in [0.15, 0.2) is 0 Å². The first kappa shape index (κ1) is 112. The zero-order chi connectivity index (χ0) is 113. The van der Waals surface area contributed by atoms with Gasteiger partial charge in [0.25, 0.3) is 20.1 Å². The molecule has 0 bridgehead atoms. The second-order valence-corrected chi connectivity index (χ2v) is 29.3. The zero-order valence-electron chi connectivity index (χ0n) is 67.5. The van der Waals surface area contributed by atoms with Crippen molar-refractivity contribution in [3.05, 3.63) is 366 Å². The Bertz CT molecular complexity index is 7630. The Hall–Kier alpha value is -15.1. The van der Waals surface area contributed by atoms with Crippen molar-refractivity contribution in [3.63, 3.8) is 0 Å². The predicted octanol–water partition coefficient (Wildman–Crippen LogP) is 23.8. The lowest BCUT2D eigenvalue weighted by molar-refractivity contribution is 0.379. The Labute approximate surface area is 776 Å².